The number of rotatable bonds is 4. The minimum Gasteiger partial charge on any atom is -0.496 e. The van der Waals surface area contributed by atoms with Gasteiger partial charge in [-0.3, -0.25) is 0 Å². The van der Waals surface area contributed by atoms with Crippen LogP contribution in [0, 0.1) is 0 Å². The highest BCUT2D eigenvalue weighted by Gasteiger charge is 2.20. The molecule has 0 aliphatic carbocycles. The van der Waals surface area contributed by atoms with Crippen LogP contribution in [0.3, 0.4) is 0 Å². The molecule has 0 saturated carbocycles. The molecule has 1 rings (SSSR count). The van der Waals surface area contributed by atoms with Crippen LogP contribution in [0.5, 0.6) is 0 Å². The van der Waals surface area contributed by atoms with Gasteiger partial charge in [0.25, 0.3) is 0 Å². The zero-order chi connectivity index (χ0) is 10.6. The van der Waals surface area contributed by atoms with E-state index in [1.807, 2.05) is 7.05 Å². The van der Waals surface area contributed by atoms with Gasteiger partial charge in [0.1, 0.15) is 5.76 Å². The Kier molecular flexibility index (Phi) is 3.96. The molecule has 1 aliphatic rings. The van der Waals surface area contributed by atoms with Crippen molar-refractivity contribution >= 4 is 0 Å². The van der Waals surface area contributed by atoms with Crippen molar-refractivity contribution in [1.82, 2.24) is 5.32 Å². The Morgan fingerprint density at radius 1 is 1.57 bits per heavy atom. The lowest BCUT2D eigenvalue weighted by Crippen LogP contribution is -2.36. The van der Waals surface area contributed by atoms with E-state index in [0.29, 0.717) is 6.61 Å². The largest absolute Gasteiger partial charge is 0.496 e. The number of hydrogen-bond donors (Lipinski definition) is 1. The third-order valence-corrected chi connectivity index (χ3v) is 2.11. The molecule has 0 aromatic heterocycles. The van der Waals surface area contributed by atoms with Crippen molar-refractivity contribution < 1.29 is 9.47 Å². The Balaban J connectivity index is 2.39. The third kappa shape index (κ3) is 3.68. The van der Waals surface area contributed by atoms with Gasteiger partial charge < -0.3 is 14.8 Å². The van der Waals surface area contributed by atoms with Crippen molar-refractivity contribution in [3.63, 3.8) is 0 Å². The monoisotopic (exact) mass is 199 g/mol. The normalized spacial score (nSPS) is 19.0. The van der Waals surface area contributed by atoms with Gasteiger partial charge in [-0.25, -0.2) is 0 Å². The zero-order valence-electron chi connectivity index (χ0n) is 9.59. The van der Waals surface area contributed by atoms with Crippen molar-refractivity contribution in [2.75, 3.05) is 20.3 Å². The summed E-state index contributed by atoms with van der Waals surface area (Å²) in [6.45, 7) is 7.64. The number of ether oxygens (including phenoxy) is 2. The maximum absolute atomic E-state index is 5.71. The van der Waals surface area contributed by atoms with Crippen molar-refractivity contribution in [3.05, 3.63) is 11.8 Å². The molecule has 3 nitrogen and oxygen atoms in total. The van der Waals surface area contributed by atoms with Gasteiger partial charge >= 0.3 is 0 Å². The van der Waals surface area contributed by atoms with Crippen LogP contribution in [0.2, 0.25) is 0 Å². The van der Waals surface area contributed by atoms with E-state index in [1.54, 1.807) is 0 Å². The van der Waals surface area contributed by atoms with Gasteiger partial charge in [0.15, 0.2) is 0 Å². The molecule has 0 bridgehead atoms. The third-order valence-electron chi connectivity index (χ3n) is 2.11. The molecule has 0 aromatic carbocycles. The summed E-state index contributed by atoms with van der Waals surface area (Å²) < 4.78 is 11.2. The van der Waals surface area contributed by atoms with Crippen LogP contribution >= 0.6 is 0 Å². The lowest BCUT2D eigenvalue weighted by molar-refractivity contribution is -0.0150. The van der Waals surface area contributed by atoms with Gasteiger partial charge in [-0.2, -0.15) is 0 Å². The Morgan fingerprint density at radius 2 is 2.29 bits per heavy atom. The lowest BCUT2D eigenvalue weighted by atomic mass is 10.2. The van der Waals surface area contributed by atoms with E-state index >= 15 is 0 Å². The fourth-order valence-electron chi connectivity index (χ4n) is 1.32. The molecule has 0 amide bonds. The molecule has 1 heterocycles. The Morgan fingerprint density at radius 3 is 2.71 bits per heavy atom. The second-order valence-corrected chi connectivity index (χ2v) is 4.51. The summed E-state index contributed by atoms with van der Waals surface area (Å²) in [4.78, 5) is 0. The Labute approximate surface area is 86.5 Å². The predicted octanol–water partition coefficient (Wildman–Crippen LogP) is 1.69. The summed E-state index contributed by atoms with van der Waals surface area (Å²) in [6, 6.07) is 0.191. The molecule has 1 unspecified atom stereocenters. The minimum absolute atomic E-state index is 0.0890. The minimum atomic E-state index is -0.0890. The van der Waals surface area contributed by atoms with E-state index in [-0.39, 0.29) is 11.6 Å². The first kappa shape index (κ1) is 11.5. The van der Waals surface area contributed by atoms with E-state index < -0.39 is 0 Å². The van der Waals surface area contributed by atoms with Gasteiger partial charge in [-0.15, -0.1) is 0 Å². The summed E-state index contributed by atoms with van der Waals surface area (Å²) in [7, 11) is 1.93. The molecule has 1 atom stereocenters. The highest BCUT2D eigenvalue weighted by Crippen LogP contribution is 2.15. The first-order valence-corrected chi connectivity index (χ1v) is 5.17. The second kappa shape index (κ2) is 4.80. The molecule has 1 aliphatic heterocycles. The molecular formula is C11H21NO2. The molecule has 82 valence electrons. The molecule has 0 spiro atoms. The number of hydrogen-bond acceptors (Lipinski definition) is 3. The molecule has 14 heavy (non-hydrogen) atoms. The van der Waals surface area contributed by atoms with Gasteiger partial charge in [0.2, 0.25) is 0 Å². The van der Waals surface area contributed by atoms with Crippen molar-refractivity contribution in [2.45, 2.75) is 38.8 Å². The quantitative estimate of drug-likeness (QED) is 0.747. The van der Waals surface area contributed by atoms with E-state index in [0.717, 1.165) is 18.8 Å². The van der Waals surface area contributed by atoms with Crippen LogP contribution in [0.1, 0.15) is 27.2 Å². The SMILES string of the molecule is CNC(COC(C)(C)C)C1=CCCO1. The molecule has 3 heteroatoms. The van der Waals surface area contributed by atoms with Crippen LogP contribution in [0.25, 0.3) is 0 Å². The molecule has 0 fully saturated rings. The topological polar surface area (TPSA) is 30.5 Å². The van der Waals surface area contributed by atoms with Crippen molar-refractivity contribution in [2.24, 2.45) is 0 Å². The highest BCUT2D eigenvalue weighted by atomic mass is 16.5. The summed E-state index contributed by atoms with van der Waals surface area (Å²) in [6.07, 6.45) is 3.15. The van der Waals surface area contributed by atoms with Gasteiger partial charge in [0.05, 0.1) is 24.9 Å². The Hall–Kier alpha value is -0.540. The number of likely N-dealkylation sites (N-methyl/N-ethyl adjacent to an activating group) is 1. The van der Waals surface area contributed by atoms with Crippen LogP contribution in [0.4, 0.5) is 0 Å². The van der Waals surface area contributed by atoms with Crippen molar-refractivity contribution in [3.8, 4) is 0 Å². The van der Waals surface area contributed by atoms with E-state index in [2.05, 4.69) is 32.2 Å². The van der Waals surface area contributed by atoms with Crippen LogP contribution < -0.4 is 5.32 Å². The van der Waals surface area contributed by atoms with E-state index in [9.17, 15) is 0 Å². The van der Waals surface area contributed by atoms with Gasteiger partial charge in [-0.1, -0.05) is 0 Å². The predicted molar refractivity (Wildman–Crippen MR) is 57.2 cm³/mol. The maximum Gasteiger partial charge on any atom is 0.111 e. The lowest BCUT2D eigenvalue weighted by Gasteiger charge is -2.24. The summed E-state index contributed by atoms with van der Waals surface area (Å²) in [5, 5.41) is 3.20. The standard InChI is InChI=1S/C11H21NO2/c1-11(2,3)14-8-9(12-4)10-6-5-7-13-10/h6,9,12H,5,7-8H2,1-4H3. The Bertz CT molecular complexity index is 206. The molecule has 0 saturated heterocycles. The van der Waals surface area contributed by atoms with Gasteiger partial charge in [-0.05, 0) is 33.9 Å². The van der Waals surface area contributed by atoms with Crippen molar-refractivity contribution in [1.29, 1.82) is 0 Å². The molecule has 1 N–H and O–H groups in total. The highest BCUT2D eigenvalue weighted by molar-refractivity contribution is 5.06. The average Bonchev–Trinajstić information content (AvgIpc) is 2.56. The smallest absolute Gasteiger partial charge is 0.111 e. The van der Waals surface area contributed by atoms with Gasteiger partial charge in [0, 0.05) is 6.42 Å². The summed E-state index contributed by atoms with van der Waals surface area (Å²) in [5.41, 5.74) is -0.0890. The first-order valence-electron chi connectivity index (χ1n) is 5.17. The molecule has 0 radical (unpaired) electrons. The summed E-state index contributed by atoms with van der Waals surface area (Å²) >= 11 is 0. The molecular weight excluding hydrogens is 178 g/mol. The maximum atomic E-state index is 5.71. The fraction of sp³-hybridized carbons (Fsp3) is 0.818. The van der Waals surface area contributed by atoms with E-state index in [4.69, 9.17) is 9.47 Å². The fourth-order valence-corrected chi connectivity index (χ4v) is 1.32. The molecule has 0 aromatic rings. The first-order chi connectivity index (χ1) is 6.53. The average molecular weight is 199 g/mol. The van der Waals surface area contributed by atoms with Crippen LogP contribution in [-0.2, 0) is 9.47 Å². The van der Waals surface area contributed by atoms with E-state index in [1.165, 1.54) is 0 Å². The second-order valence-electron chi connectivity index (χ2n) is 4.51. The zero-order valence-corrected chi connectivity index (χ0v) is 9.59. The van der Waals surface area contributed by atoms with Crippen LogP contribution in [-0.4, -0.2) is 31.9 Å². The van der Waals surface area contributed by atoms with Crippen LogP contribution in [0.15, 0.2) is 11.8 Å². The summed E-state index contributed by atoms with van der Waals surface area (Å²) in [5.74, 6) is 1.02. The number of nitrogens with one attached hydrogen (secondary N) is 1.